The van der Waals surface area contributed by atoms with Crippen LogP contribution in [0.1, 0.15) is 11.1 Å². The number of hydrogen-bond donors (Lipinski definition) is 2. The summed E-state index contributed by atoms with van der Waals surface area (Å²) in [5, 5.41) is 5.10. The number of benzene rings is 2. The summed E-state index contributed by atoms with van der Waals surface area (Å²) in [5.41, 5.74) is 2.25. The van der Waals surface area contributed by atoms with E-state index in [1.165, 1.54) is 4.90 Å². The Hall–Kier alpha value is -3.15. The number of nitrogens with zero attached hydrogens (tertiary/aromatic N) is 1. The van der Waals surface area contributed by atoms with Gasteiger partial charge in [0.25, 0.3) is 0 Å². The van der Waals surface area contributed by atoms with Gasteiger partial charge in [-0.05, 0) is 23.3 Å². The molecule has 0 saturated carbocycles. The SMILES string of the molecule is CN(C)C(=O)Cc1ccc(NC(=O)C(=O)NCc2ccccc2)cc1. The summed E-state index contributed by atoms with van der Waals surface area (Å²) in [6.45, 7) is 0.290. The van der Waals surface area contributed by atoms with E-state index < -0.39 is 11.8 Å². The second-order valence-electron chi connectivity index (χ2n) is 5.78. The smallest absolute Gasteiger partial charge is 0.313 e. The molecule has 0 aliphatic rings. The number of hydrogen-bond acceptors (Lipinski definition) is 3. The molecule has 6 heteroatoms. The first-order chi connectivity index (χ1) is 12.0. The van der Waals surface area contributed by atoms with Crippen molar-refractivity contribution in [2.24, 2.45) is 0 Å². The summed E-state index contributed by atoms with van der Waals surface area (Å²) in [6.07, 6.45) is 0.290. The van der Waals surface area contributed by atoms with Crippen molar-refractivity contribution in [1.29, 1.82) is 0 Å². The van der Waals surface area contributed by atoms with Gasteiger partial charge in [0, 0.05) is 26.3 Å². The average Bonchev–Trinajstić information content (AvgIpc) is 2.62. The molecule has 0 radical (unpaired) electrons. The van der Waals surface area contributed by atoms with Crippen molar-refractivity contribution in [3.05, 3.63) is 65.7 Å². The van der Waals surface area contributed by atoms with Crippen LogP contribution in [0.25, 0.3) is 0 Å². The molecule has 6 nitrogen and oxygen atoms in total. The van der Waals surface area contributed by atoms with Gasteiger partial charge in [0.2, 0.25) is 5.91 Å². The highest BCUT2D eigenvalue weighted by atomic mass is 16.2. The van der Waals surface area contributed by atoms with Crippen LogP contribution in [0, 0.1) is 0 Å². The minimum absolute atomic E-state index is 0.00271. The summed E-state index contributed by atoms with van der Waals surface area (Å²) >= 11 is 0. The highest BCUT2D eigenvalue weighted by Crippen LogP contribution is 2.10. The van der Waals surface area contributed by atoms with Gasteiger partial charge in [-0.15, -0.1) is 0 Å². The molecule has 0 heterocycles. The molecule has 0 unspecified atom stereocenters. The molecule has 3 amide bonds. The van der Waals surface area contributed by atoms with Gasteiger partial charge >= 0.3 is 11.8 Å². The predicted molar refractivity (Wildman–Crippen MR) is 95.8 cm³/mol. The first-order valence-electron chi connectivity index (χ1n) is 7.88. The van der Waals surface area contributed by atoms with Gasteiger partial charge in [-0.3, -0.25) is 14.4 Å². The molecule has 0 aliphatic heterocycles. The quantitative estimate of drug-likeness (QED) is 0.812. The summed E-state index contributed by atoms with van der Waals surface area (Å²) in [4.78, 5) is 36.9. The van der Waals surface area contributed by atoms with Crippen molar-refractivity contribution in [3.63, 3.8) is 0 Å². The molecule has 0 saturated heterocycles. The van der Waals surface area contributed by atoms with Crippen molar-refractivity contribution in [2.75, 3.05) is 19.4 Å². The minimum atomic E-state index is -0.729. The third-order valence-corrected chi connectivity index (χ3v) is 3.57. The van der Waals surface area contributed by atoms with Crippen LogP contribution < -0.4 is 10.6 Å². The van der Waals surface area contributed by atoms with Crippen molar-refractivity contribution in [2.45, 2.75) is 13.0 Å². The van der Waals surface area contributed by atoms with Crippen molar-refractivity contribution in [1.82, 2.24) is 10.2 Å². The van der Waals surface area contributed by atoms with E-state index in [-0.39, 0.29) is 5.91 Å². The molecule has 2 N–H and O–H groups in total. The Balaban J connectivity index is 1.85. The van der Waals surface area contributed by atoms with Gasteiger partial charge in [-0.1, -0.05) is 42.5 Å². The van der Waals surface area contributed by atoms with Crippen LogP contribution in [0.3, 0.4) is 0 Å². The topological polar surface area (TPSA) is 78.5 Å². The number of likely N-dealkylation sites (N-methyl/N-ethyl adjacent to an activating group) is 1. The van der Waals surface area contributed by atoms with E-state index in [4.69, 9.17) is 0 Å². The van der Waals surface area contributed by atoms with Gasteiger partial charge in [-0.2, -0.15) is 0 Å². The molecule has 0 spiro atoms. The molecular formula is C19H21N3O3. The van der Waals surface area contributed by atoms with E-state index >= 15 is 0 Å². The normalized spacial score (nSPS) is 10.0. The monoisotopic (exact) mass is 339 g/mol. The molecule has 25 heavy (non-hydrogen) atoms. The Labute approximate surface area is 146 Å². The number of carbonyl (C=O) groups excluding carboxylic acids is 3. The summed E-state index contributed by atoms with van der Waals surface area (Å²) in [6, 6.07) is 16.2. The van der Waals surface area contributed by atoms with Crippen molar-refractivity contribution in [3.8, 4) is 0 Å². The molecule has 2 rings (SSSR count). The second-order valence-corrected chi connectivity index (χ2v) is 5.78. The molecule has 0 aromatic heterocycles. The lowest BCUT2D eigenvalue weighted by molar-refractivity contribution is -0.136. The van der Waals surface area contributed by atoms with Crippen LogP contribution in [0.5, 0.6) is 0 Å². The molecular weight excluding hydrogens is 318 g/mol. The van der Waals surface area contributed by atoms with E-state index in [2.05, 4.69) is 10.6 Å². The highest BCUT2D eigenvalue weighted by Gasteiger charge is 2.13. The van der Waals surface area contributed by atoms with E-state index in [1.807, 2.05) is 30.3 Å². The minimum Gasteiger partial charge on any atom is -0.349 e. The number of nitrogens with one attached hydrogen (secondary N) is 2. The van der Waals surface area contributed by atoms with Crippen LogP contribution in [0.2, 0.25) is 0 Å². The lowest BCUT2D eigenvalue weighted by atomic mass is 10.1. The largest absolute Gasteiger partial charge is 0.349 e. The van der Waals surface area contributed by atoms with Gasteiger partial charge in [0.15, 0.2) is 0 Å². The lowest BCUT2D eigenvalue weighted by Gasteiger charge is -2.10. The fourth-order valence-electron chi connectivity index (χ4n) is 2.09. The maximum absolute atomic E-state index is 11.9. The van der Waals surface area contributed by atoms with Crippen molar-refractivity contribution < 1.29 is 14.4 Å². The predicted octanol–water partition coefficient (Wildman–Crippen LogP) is 1.57. The summed E-state index contributed by atoms with van der Waals surface area (Å²) < 4.78 is 0. The Morgan fingerprint density at radius 1 is 0.840 bits per heavy atom. The van der Waals surface area contributed by atoms with Crippen LogP contribution in [-0.4, -0.2) is 36.7 Å². The Bertz CT molecular complexity index is 740. The van der Waals surface area contributed by atoms with Gasteiger partial charge in [0.1, 0.15) is 0 Å². The van der Waals surface area contributed by atoms with Crippen LogP contribution in [0.15, 0.2) is 54.6 Å². The first kappa shape index (κ1) is 18.2. The Kier molecular flexibility index (Phi) is 6.28. The molecule has 2 aromatic carbocycles. The fourth-order valence-corrected chi connectivity index (χ4v) is 2.09. The number of rotatable bonds is 5. The third kappa shape index (κ3) is 5.76. The van der Waals surface area contributed by atoms with E-state index in [1.54, 1.807) is 38.4 Å². The molecule has 0 fully saturated rings. The van der Waals surface area contributed by atoms with Gasteiger partial charge in [-0.25, -0.2) is 0 Å². The van der Waals surface area contributed by atoms with Crippen LogP contribution in [-0.2, 0) is 27.3 Å². The zero-order valence-electron chi connectivity index (χ0n) is 14.3. The highest BCUT2D eigenvalue weighted by molar-refractivity contribution is 6.39. The maximum Gasteiger partial charge on any atom is 0.313 e. The standard InChI is InChI=1S/C19H21N3O3/c1-22(2)17(23)12-14-8-10-16(11-9-14)21-19(25)18(24)20-13-15-6-4-3-5-7-15/h3-11H,12-13H2,1-2H3,(H,20,24)(H,21,25). The third-order valence-electron chi connectivity index (χ3n) is 3.57. The second kappa shape index (κ2) is 8.63. The van der Waals surface area contributed by atoms with Gasteiger partial charge in [0.05, 0.1) is 6.42 Å². The summed E-state index contributed by atoms with van der Waals surface area (Å²) in [7, 11) is 3.40. The summed E-state index contributed by atoms with van der Waals surface area (Å²) in [5.74, 6) is -1.43. The zero-order valence-corrected chi connectivity index (χ0v) is 14.3. The molecule has 0 aliphatic carbocycles. The molecule has 130 valence electrons. The fraction of sp³-hybridized carbons (Fsp3) is 0.211. The Morgan fingerprint density at radius 2 is 1.48 bits per heavy atom. The molecule has 0 bridgehead atoms. The van der Waals surface area contributed by atoms with E-state index in [0.29, 0.717) is 18.7 Å². The van der Waals surface area contributed by atoms with Crippen LogP contribution >= 0.6 is 0 Å². The van der Waals surface area contributed by atoms with Crippen LogP contribution in [0.4, 0.5) is 5.69 Å². The average molecular weight is 339 g/mol. The molecule has 2 aromatic rings. The first-order valence-corrected chi connectivity index (χ1v) is 7.88. The number of carbonyl (C=O) groups is 3. The molecule has 0 atom stereocenters. The zero-order chi connectivity index (χ0) is 18.2. The van der Waals surface area contributed by atoms with E-state index in [9.17, 15) is 14.4 Å². The maximum atomic E-state index is 11.9. The van der Waals surface area contributed by atoms with Gasteiger partial charge < -0.3 is 15.5 Å². The number of amides is 3. The lowest BCUT2D eigenvalue weighted by Crippen LogP contribution is -2.34. The van der Waals surface area contributed by atoms with Crippen molar-refractivity contribution >= 4 is 23.4 Å². The van der Waals surface area contributed by atoms with E-state index in [0.717, 1.165) is 11.1 Å². The number of anilines is 1. The Morgan fingerprint density at radius 3 is 2.08 bits per heavy atom.